The molecule has 3 heteroatoms. The van der Waals surface area contributed by atoms with Gasteiger partial charge in [0.25, 0.3) is 0 Å². The van der Waals surface area contributed by atoms with Gasteiger partial charge in [0, 0.05) is 13.2 Å². The number of thioether (sulfide) groups is 1. The molecule has 0 atom stereocenters. The highest BCUT2D eigenvalue weighted by Crippen LogP contribution is 2.30. The van der Waals surface area contributed by atoms with Gasteiger partial charge in [0.15, 0.2) is 0 Å². The zero-order chi connectivity index (χ0) is 9.84. The number of hydrogen-bond acceptors (Lipinski definition) is 3. The second-order valence-electron chi connectivity index (χ2n) is 2.77. The number of nitrogens with zero attached hydrogens (tertiary/aromatic N) is 1. The third kappa shape index (κ3) is 2.04. The predicted molar refractivity (Wildman–Crippen MR) is 60.3 cm³/mol. The molecule has 1 aromatic heterocycles. The third-order valence-corrected chi connectivity index (χ3v) is 2.60. The number of rotatable bonds is 3. The zero-order valence-electron chi connectivity index (χ0n) is 8.22. The van der Waals surface area contributed by atoms with E-state index in [9.17, 15) is 0 Å². The molecule has 0 unspecified atom stereocenters. The van der Waals surface area contributed by atoms with Gasteiger partial charge in [-0.05, 0) is 24.8 Å². The average molecular weight is 194 g/mol. The Kier molecular flexibility index (Phi) is 3.37. The normalized spacial score (nSPS) is 9.77. The summed E-state index contributed by atoms with van der Waals surface area (Å²) in [7, 11) is 1.91. The van der Waals surface area contributed by atoms with E-state index in [1.165, 1.54) is 0 Å². The van der Waals surface area contributed by atoms with Crippen molar-refractivity contribution in [2.24, 2.45) is 0 Å². The average Bonchev–Trinajstić information content (AvgIpc) is 2.16. The molecule has 1 aromatic rings. The van der Waals surface area contributed by atoms with Crippen LogP contribution in [0.5, 0.6) is 0 Å². The molecule has 0 bridgehead atoms. The van der Waals surface area contributed by atoms with Gasteiger partial charge < -0.3 is 5.32 Å². The fourth-order valence-corrected chi connectivity index (χ4v) is 1.97. The van der Waals surface area contributed by atoms with E-state index in [0.717, 1.165) is 21.8 Å². The summed E-state index contributed by atoms with van der Waals surface area (Å²) in [5.74, 6) is 0. The van der Waals surface area contributed by atoms with E-state index in [4.69, 9.17) is 0 Å². The number of anilines is 1. The Morgan fingerprint density at radius 2 is 2.31 bits per heavy atom. The largest absolute Gasteiger partial charge is 0.387 e. The number of allylic oxidation sites excluding steroid dienone is 1. The van der Waals surface area contributed by atoms with Crippen LogP contribution in [0.4, 0.5) is 5.69 Å². The third-order valence-electron chi connectivity index (χ3n) is 1.78. The van der Waals surface area contributed by atoms with E-state index in [2.05, 4.69) is 16.9 Å². The number of hydrogen-bond donors (Lipinski definition) is 1. The molecule has 0 spiro atoms. The van der Waals surface area contributed by atoms with Gasteiger partial charge in [-0.15, -0.1) is 11.8 Å². The van der Waals surface area contributed by atoms with Crippen LogP contribution in [0.15, 0.2) is 23.7 Å². The molecule has 0 fully saturated rings. The summed E-state index contributed by atoms with van der Waals surface area (Å²) in [6.45, 7) is 5.88. The van der Waals surface area contributed by atoms with Crippen LogP contribution in [-0.2, 0) is 0 Å². The lowest BCUT2D eigenvalue weighted by Crippen LogP contribution is -1.96. The summed E-state index contributed by atoms with van der Waals surface area (Å²) >= 11 is 1.69. The van der Waals surface area contributed by atoms with Gasteiger partial charge in [0.2, 0.25) is 0 Å². The summed E-state index contributed by atoms with van der Waals surface area (Å²) in [5, 5.41) is 3.14. The van der Waals surface area contributed by atoms with Crippen molar-refractivity contribution in [2.45, 2.75) is 11.8 Å². The van der Waals surface area contributed by atoms with Crippen molar-refractivity contribution in [3.05, 3.63) is 24.5 Å². The molecular weight excluding hydrogens is 180 g/mol. The molecule has 0 aliphatic carbocycles. The summed E-state index contributed by atoms with van der Waals surface area (Å²) in [6, 6.07) is 1.97. The number of nitrogens with one attached hydrogen (secondary N) is 1. The first kappa shape index (κ1) is 10.1. The van der Waals surface area contributed by atoms with Crippen molar-refractivity contribution >= 4 is 23.0 Å². The Balaban J connectivity index is 3.27. The van der Waals surface area contributed by atoms with E-state index in [-0.39, 0.29) is 0 Å². The molecule has 0 amide bonds. The highest BCUT2D eigenvalue weighted by atomic mass is 32.2. The standard InChI is InChI=1S/C10H14N2S/c1-7(2)9-10(13-4)8(11-3)5-6-12-9/h5-6H,1H2,2-4H3,(H,11,12). The smallest absolute Gasteiger partial charge is 0.0809 e. The van der Waals surface area contributed by atoms with E-state index in [1.54, 1.807) is 18.0 Å². The highest BCUT2D eigenvalue weighted by Gasteiger charge is 2.07. The van der Waals surface area contributed by atoms with E-state index in [0.29, 0.717) is 0 Å². The number of pyridine rings is 1. The first-order valence-electron chi connectivity index (χ1n) is 4.07. The minimum atomic E-state index is 0.986. The van der Waals surface area contributed by atoms with Gasteiger partial charge in [-0.3, -0.25) is 4.98 Å². The fraction of sp³-hybridized carbons (Fsp3) is 0.300. The van der Waals surface area contributed by atoms with Crippen LogP contribution in [0, 0.1) is 0 Å². The molecule has 0 aliphatic heterocycles. The SMILES string of the molecule is C=C(C)c1nccc(NC)c1SC. The monoisotopic (exact) mass is 194 g/mol. The quantitative estimate of drug-likeness (QED) is 0.749. The fourth-order valence-electron chi connectivity index (χ4n) is 1.16. The Morgan fingerprint density at radius 1 is 1.62 bits per heavy atom. The van der Waals surface area contributed by atoms with Gasteiger partial charge in [0.1, 0.15) is 0 Å². The lowest BCUT2D eigenvalue weighted by molar-refractivity contribution is 1.17. The van der Waals surface area contributed by atoms with E-state index < -0.39 is 0 Å². The summed E-state index contributed by atoms with van der Waals surface area (Å²) in [4.78, 5) is 5.46. The first-order chi connectivity index (χ1) is 6.20. The number of aromatic nitrogens is 1. The molecule has 13 heavy (non-hydrogen) atoms. The van der Waals surface area contributed by atoms with Gasteiger partial charge in [-0.25, -0.2) is 0 Å². The van der Waals surface area contributed by atoms with Crippen LogP contribution >= 0.6 is 11.8 Å². The molecule has 0 aromatic carbocycles. The van der Waals surface area contributed by atoms with Gasteiger partial charge >= 0.3 is 0 Å². The molecule has 1 rings (SSSR count). The molecule has 0 aliphatic rings. The van der Waals surface area contributed by atoms with Crippen LogP contribution in [0.3, 0.4) is 0 Å². The van der Waals surface area contributed by atoms with Gasteiger partial charge in [-0.1, -0.05) is 6.58 Å². The van der Waals surface area contributed by atoms with Crippen molar-refractivity contribution in [1.82, 2.24) is 4.98 Å². The van der Waals surface area contributed by atoms with E-state index in [1.807, 2.05) is 26.3 Å². The van der Waals surface area contributed by atoms with Crippen LogP contribution < -0.4 is 5.32 Å². The van der Waals surface area contributed by atoms with Crippen LogP contribution in [0.1, 0.15) is 12.6 Å². The maximum absolute atomic E-state index is 4.30. The summed E-state index contributed by atoms with van der Waals surface area (Å²) < 4.78 is 0. The van der Waals surface area contributed by atoms with Crippen molar-refractivity contribution in [3.63, 3.8) is 0 Å². The maximum Gasteiger partial charge on any atom is 0.0809 e. The Bertz CT molecular complexity index is 321. The molecule has 2 nitrogen and oxygen atoms in total. The van der Waals surface area contributed by atoms with Crippen LogP contribution in [0.25, 0.3) is 5.57 Å². The van der Waals surface area contributed by atoms with E-state index >= 15 is 0 Å². The van der Waals surface area contributed by atoms with Crippen molar-refractivity contribution in [3.8, 4) is 0 Å². The maximum atomic E-state index is 4.30. The Morgan fingerprint density at radius 3 is 2.77 bits per heavy atom. The highest BCUT2D eigenvalue weighted by molar-refractivity contribution is 7.98. The predicted octanol–water partition coefficient (Wildman–Crippen LogP) is 2.88. The second kappa shape index (κ2) is 4.33. The van der Waals surface area contributed by atoms with Gasteiger partial charge in [0.05, 0.1) is 16.3 Å². The topological polar surface area (TPSA) is 24.9 Å². The Hall–Kier alpha value is -0.960. The molecule has 0 saturated carbocycles. The first-order valence-corrected chi connectivity index (χ1v) is 5.29. The van der Waals surface area contributed by atoms with Crippen LogP contribution in [-0.4, -0.2) is 18.3 Å². The molecular formula is C10H14N2S. The van der Waals surface area contributed by atoms with Crippen LogP contribution in [0.2, 0.25) is 0 Å². The summed E-state index contributed by atoms with van der Waals surface area (Å²) in [6.07, 6.45) is 3.85. The summed E-state index contributed by atoms with van der Waals surface area (Å²) in [5.41, 5.74) is 3.10. The molecule has 1 heterocycles. The lowest BCUT2D eigenvalue weighted by Gasteiger charge is -2.10. The molecule has 0 saturated heterocycles. The van der Waals surface area contributed by atoms with Crippen molar-refractivity contribution in [2.75, 3.05) is 18.6 Å². The molecule has 70 valence electrons. The lowest BCUT2D eigenvalue weighted by atomic mass is 10.2. The molecule has 0 radical (unpaired) electrons. The second-order valence-corrected chi connectivity index (χ2v) is 3.59. The van der Waals surface area contributed by atoms with Crippen molar-refractivity contribution in [1.29, 1.82) is 0 Å². The van der Waals surface area contributed by atoms with Crippen molar-refractivity contribution < 1.29 is 0 Å². The Labute approximate surface area is 83.5 Å². The minimum absolute atomic E-state index is 0.986. The van der Waals surface area contributed by atoms with Gasteiger partial charge in [-0.2, -0.15) is 0 Å². The zero-order valence-corrected chi connectivity index (χ0v) is 9.03. The molecule has 1 N–H and O–H groups in total. The minimum Gasteiger partial charge on any atom is -0.387 e.